The summed E-state index contributed by atoms with van der Waals surface area (Å²) >= 11 is 0. The van der Waals surface area contributed by atoms with Crippen molar-refractivity contribution in [1.29, 1.82) is 0 Å². The number of rotatable bonds is 13. The van der Waals surface area contributed by atoms with Crippen LogP contribution in [-0.4, -0.2) is 58.3 Å². The van der Waals surface area contributed by atoms with Crippen LogP contribution in [0, 0.1) is 31.4 Å². The molecule has 0 saturated carbocycles. The number of aliphatic hydroxyl groups is 1. The molecule has 290 valence electrons. The molecule has 0 radical (unpaired) electrons. The Labute approximate surface area is 299 Å². The normalized spacial score (nSPS) is 15.5. The summed E-state index contributed by atoms with van der Waals surface area (Å²) in [6.07, 6.45) is -11.2. The van der Waals surface area contributed by atoms with Gasteiger partial charge in [0.25, 0.3) is 5.56 Å². The third-order valence-electron chi connectivity index (χ3n) is 9.22. The fraction of sp³-hybridized carbons (Fsp3) is 0.472. The fourth-order valence-electron chi connectivity index (χ4n) is 6.53. The van der Waals surface area contributed by atoms with E-state index in [0.29, 0.717) is 17.7 Å². The number of hydrogen-bond acceptors (Lipinski definition) is 6. The van der Waals surface area contributed by atoms with Gasteiger partial charge >= 0.3 is 18.3 Å². The maximum atomic E-state index is 16.7. The van der Waals surface area contributed by atoms with Gasteiger partial charge in [-0.1, -0.05) is 19.9 Å². The number of aliphatic carboxylic acids is 1. The molecule has 1 aliphatic heterocycles. The second kappa shape index (κ2) is 15.5. The first kappa shape index (κ1) is 41.2. The van der Waals surface area contributed by atoms with Crippen LogP contribution in [-0.2, 0) is 34.1 Å². The molecule has 0 spiro atoms. The Bertz CT molecular complexity index is 1940. The highest BCUT2D eigenvalue weighted by atomic mass is 19.4. The van der Waals surface area contributed by atoms with Crippen molar-refractivity contribution in [1.82, 2.24) is 14.8 Å². The molecule has 3 N–H and O–H groups in total. The third-order valence-corrected chi connectivity index (χ3v) is 9.22. The van der Waals surface area contributed by atoms with E-state index < -0.39 is 87.8 Å². The number of carboxylic acid groups (broad SMARTS) is 1. The number of benzene rings is 2. The zero-order valence-corrected chi connectivity index (χ0v) is 29.4. The second-order valence-corrected chi connectivity index (χ2v) is 13.5. The number of aryl methyl sites for hydroxylation is 1. The van der Waals surface area contributed by atoms with Crippen LogP contribution in [0.3, 0.4) is 0 Å². The van der Waals surface area contributed by atoms with E-state index in [1.807, 2.05) is 4.90 Å². The Balaban J connectivity index is 1.95. The summed E-state index contributed by atoms with van der Waals surface area (Å²) in [4.78, 5) is 41.2. The van der Waals surface area contributed by atoms with Gasteiger partial charge in [0, 0.05) is 24.4 Å². The first-order valence-electron chi connectivity index (χ1n) is 16.5. The van der Waals surface area contributed by atoms with E-state index in [4.69, 9.17) is 4.74 Å². The molecule has 3 aromatic rings. The number of amides is 1. The largest absolute Gasteiger partial charge is 0.496 e. The van der Waals surface area contributed by atoms with Gasteiger partial charge in [-0.15, -0.1) is 0 Å². The predicted molar refractivity (Wildman–Crippen MR) is 176 cm³/mol. The van der Waals surface area contributed by atoms with Gasteiger partial charge in [0.15, 0.2) is 5.72 Å². The van der Waals surface area contributed by atoms with Crippen LogP contribution in [0.5, 0.6) is 5.75 Å². The molecule has 1 aliphatic rings. The molecular formula is C36H39F8N3O6. The van der Waals surface area contributed by atoms with Crippen molar-refractivity contribution in [3.8, 4) is 16.9 Å². The van der Waals surface area contributed by atoms with Gasteiger partial charge in [0.2, 0.25) is 5.91 Å². The Morgan fingerprint density at radius 2 is 1.60 bits per heavy atom. The van der Waals surface area contributed by atoms with Crippen LogP contribution in [0.4, 0.5) is 35.1 Å². The lowest BCUT2D eigenvalue weighted by Crippen LogP contribution is -2.52. The average molecular weight is 762 g/mol. The van der Waals surface area contributed by atoms with Crippen molar-refractivity contribution < 1.29 is 59.7 Å². The molecule has 53 heavy (non-hydrogen) atoms. The van der Waals surface area contributed by atoms with Crippen molar-refractivity contribution in [2.24, 2.45) is 5.92 Å². The van der Waals surface area contributed by atoms with Crippen LogP contribution in [0.25, 0.3) is 11.1 Å². The summed E-state index contributed by atoms with van der Waals surface area (Å²) in [7, 11) is 1.24. The zero-order valence-electron chi connectivity index (χ0n) is 29.4. The highest BCUT2D eigenvalue weighted by molar-refractivity contribution is 5.83. The maximum Gasteiger partial charge on any atom is 0.419 e. The molecule has 0 aliphatic carbocycles. The van der Waals surface area contributed by atoms with E-state index in [9.17, 15) is 50.9 Å². The molecular weight excluding hydrogens is 722 g/mol. The van der Waals surface area contributed by atoms with Crippen LogP contribution in [0.2, 0.25) is 0 Å². The number of pyridine rings is 1. The van der Waals surface area contributed by atoms with Crippen molar-refractivity contribution >= 4 is 11.9 Å². The lowest BCUT2D eigenvalue weighted by Gasteiger charge is -2.33. The second-order valence-electron chi connectivity index (χ2n) is 13.5. The summed E-state index contributed by atoms with van der Waals surface area (Å²) in [5.41, 5.74) is -11.5. The van der Waals surface area contributed by atoms with Crippen LogP contribution in [0.15, 0.2) is 35.3 Å². The summed E-state index contributed by atoms with van der Waals surface area (Å²) < 4.78 is 124. The average Bonchev–Trinajstić information content (AvgIpc) is 2.99. The minimum atomic E-state index is -5.53. The Hall–Kier alpha value is -4.51. The summed E-state index contributed by atoms with van der Waals surface area (Å²) in [6, 6.07) is 1.42. The van der Waals surface area contributed by atoms with Crippen molar-refractivity contribution in [3.05, 3.63) is 85.8 Å². The SMILES string of the molecule is COc1ccc(C)c(-c2cc(C(F)(F)F)c(F)c([C@](O)(CC(=O)O)NC(=O)C(CC(C)C)n3cc(CCN4CCC4)c(C(F)(F)F)cc3=O)c2F)c1C. The highest BCUT2D eigenvalue weighted by Gasteiger charge is 2.47. The lowest BCUT2D eigenvalue weighted by atomic mass is 9.87. The summed E-state index contributed by atoms with van der Waals surface area (Å²) in [6.45, 7) is 7.36. The number of carboxylic acids is 1. The van der Waals surface area contributed by atoms with Gasteiger partial charge in [-0.05, 0) is 86.5 Å². The van der Waals surface area contributed by atoms with E-state index in [-0.39, 0.29) is 59.5 Å². The number of carbonyl (C=O) groups is 2. The van der Waals surface area contributed by atoms with Gasteiger partial charge < -0.3 is 29.7 Å². The van der Waals surface area contributed by atoms with Gasteiger partial charge in [0.05, 0.1) is 30.2 Å². The monoisotopic (exact) mass is 761 g/mol. The number of aromatic nitrogens is 1. The third kappa shape index (κ3) is 8.83. The van der Waals surface area contributed by atoms with Crippen molar-refractivity contribution in [3.63, 3.8) is 0 Å². The quantitative estimate of drug-likeness (QED) is 0.131. The molecule has 1 aromatic heterocycles. The number of hydrogen-bond donors (Lipinski definition) is 3. The smallest absolute Gasteiger partial charge is 0.419 e. The van der Waals surface area contributed by atoms with Gasteiger partial charge in [-0.2, -0.15) is 26.3 Å². The topological polar surface area (TPSA) is 121 Å². The first-order valence-corrected chi connectivity index (χ1v) is 16.5. The Morgan fingerprint density at radius 3 is 2.11 bits per heavy atom. The minimum absolute atomic E-state index is 0.0984. The van der Waals surface area contributed by atoms with Gasteiger partial charge in [-0.25, -0.2) is 8.78 Å². The zero-order chi connectivity index (χ0) is 39.8. The standard InChI is InChI=1S/C36H39F8N3O6/c1-18(2)13-25(47-17-21(9-12-46-10-6-11-46)23(15-27(47)48)35(39,40)41)33(51)45-34(52,16-28(49)50)30-31(37)22(14-24(32(30)38)36(42,43)44)29-19(3)7-8-26(53-5)20(29)4/h7-8,14-15,17-18,25,52H,6,9-13,16H2,1-5H3,(H,45,51)(H,49,50)/t25?,34-/m1/s1. The molecule has 1 saturated heterocycles. The molecule has 17 heteroatoms. The number of nitrogens with one attached hydrogen (secondary N) is 1. The molecule has 0 bridgehead atoms. The Morgan fingerprint density at radius 1 is 0.981 bits per heavy atom. The number of carbonyl (C=O) groups excluding carboxylic acids is 1. The fourth-order valence-corrected chi connectivity index (χ4v) is 6.53. The molecule has 2 heterocycles. The van der Waals surface area contributed by atoms with Crippen LogP contribution in [0.1, 0.15) is 72.5 Å². The van der Waals surface area contributed by atoms with Crippen molar-refractivity contribution in [2.75, 3.05) is 26.7 Å². The van der Waals surface area contributed by atoms with Crippen LogP contribution < -0.4 is 15.6 Å². The van der Waals surface area contributed by atoms with E-state index in [1.54, 1.807) is 19.2 Å². The van der Waals surface area contributed by atoms with E-state index in [2.05, 4.69) is 0 Å². The van der Waals surface area contributed by atoms with E-state index in [0.717, 1.165) is 12.6 Å². The number of nitrogens with zero attached hydrogens (tertiary/aromatic N) is 2. The highest BCUT2D eigenvalue weighted by Crippen LogP contribution is 2.44. The van der Waals surface area contributed by atoms with Gasteiger partial charge in [-0.3, -0.25) is 14.4 Å². The van der Waals surface area contributed by atoms with E-state index in [1.165, 1.54) is 33.1 Å². The molecule has 4 rings (SSSR count). The van der Waals surface area contributed by atoms with Gasteiger partial charge in [0.1, 0.15) is 23.4 Å². The van der Waals surface area contributed by atoms with Crippen molar-refractivity contribution in [2.45, 2.75) is 77.5 Å². The number of ether oxygens (including phenoxy) is 1. The number of alkyl halides is 6. The molecule has 2 atom stereocenters. The van der Waals surface area contributed by atoms with Crippen LogP contribution >= 0.6 is 0 Å². The summed E-state index contributed by atoms with van der Waals surface area (Å²) in [5.74, 6) is -8.21. The Kier molecular flexibility index (Phi) is 12.0. The number of halogens is 8. The first-order chi connectivity index (χ1) is 24.5. The number of methoxy groups -OCH3 is 1. The molecule has 1 amide bonds. The maximum absolute atomic E-state index is 16.7. The summed E-state index contributed by atoms with van der Waals surface area (Å²) in [5, 5.41) is 23.2. The molecule has 2 aromatic carbocycles. The predicted octanol–water partition coefficient (Wildman–Crippen LogP) is 6.73. The molecule has 1 fully saturated rings. The lowest BCUT2D eigenvalue weighted by molar-refractivity contribution is -0.148. The molecule has 1 unspecified atom stereocenters. The van der Waals surface area contributed by atoms with E-state index >= 15 is 8.78 Å². The molecule has 9 nitrogen and oxygen atoms in total. The minimum Gasteiger partial charge on any atom is -0.496 e. The number of likely N-dealkylation sites (tertiary alicyclic amines) is 1.